The van der Waals surface area contributed by atoms with E-state index in [2.05, 4.69) is 16.9 Å². The second-order valence-electron chi connectivity index (χ2n) is 2.84. The summed E-state index contributed by atoms with van der Waals surface area (Å²) < 4.78 is 0. The largest absolute Gasteiger partial charge is 0.599 e. The standard InChI is InChI=1S/C12H10N2/c1-3-7-11(8-4-1)13-14-12-9-5-2-6-10-12/h1-9,14H/q-2. The number of hydrogen-bond donors (Lipinski definition) is 1. The van der Waals surface area contributed by atoms with Crippen LogP contribution in [-0.4, -0.2) is 0 Å². The lowest BCUT2D eigenvalue weighted by molar-refractivity contribution is 1.50. The summed E-state index contributed by atoms with van der Waals surface area (Å²) in [6.45, 7) is 0. The van der Waals surface area contributed by atoms with Gasteiger partial charge in [0.25, 0.3) is 0 Å². The summed E-state index contributed by atoms with van der Waals surface area (Å²) in [4.78, 5) is 0. The smallest absolute Gasteiger partial charge is 0.0624 e. The zero-order valence-corrected chi connectivity index (χ0v) is 7.64. The molecule has 0 spiro atoms. The van der Waals surface area contributed by atoms with Crippen LogP contribution in [0.4, 0.5) is 11.4 Å². The molecule has 0 aliphatic heterocycles. The zero-order chi connectivity index (χ0) is 9.64. The van der Waals surface area contributed by atoms with Crippen LogP contribution in [0.25, 0.3) is 5.43 Å². The minimum Gasteiger partial charge on any atom is -0.599 e. The van der Waals surface area contributed by atoms with Crippen LogP contribution in [0.5, 0.6) is 0 Å². The van der Waals surface area contributed by atoms with Crippen molar-refractivity contribution in [3.05, 3.63) is 66.1 Å². The van der Waals surface area contributed by atoms with Crippen molar-refractivity contribution < 1.29 is 0 Å². The van der Waals surface area contributed by atoms with Crippen LogP contribution in [0, 0.1) is 6.07 Å². The van der Waals surface area contributed by atoms with E-state index in [4.69, 9.17) is 0 Å². The summed E-state index contributed by atoms with van der Waals surface area (Å²) >= 11 is 0. The van der Waals surface area contributed by atoms with E-state index in [0.717, 1.165) is 11.4 Å². The summed E-state index contributed by atoms with van der Waals surface area (Å²) in [6, 6.07) is 20.4. The van der Waals surface area contributed by atoms with E-state index in [1.54, 1.807) is 0 Å². The van der Waals surface area contributed by atoms with Gasteiger partial charge in [0.1, 0.15) is 0 Å². The minimum atomic E-state index is 0.872. The second kappa shape index (κ2) is 4.33. The van der Waals surface area contributed by atoms with Gasteiger partial charge in [0, 0.05) is 0 Å². The predicted octanol–water partition coefficient (Wildman–Crippen LogP) is 3.52. The molecule has 0 amide bonds. The van der Waals surface area contributed by atoms with E-state index in [0.29, 0.717) is 0 Å². The molecule has 0 unspecified atom stereocenters. The molecule has 0 saturated carbocycles. The first-order valence-electron chi connectivity index (χ1n) is 4.44. The Morgan fingerprint density at radius 2 is 1.71 bits per heavy atom. The fourth-order valence-corrected chi connectivity index (χ4v) is 1.09. The Balaban J connectivity index is 1.96. The number of benzene rings is 2. The van der Waals surface area contributed by atoms with Crippen LogP contribution in [0.3, 0.4) is 0 Å². The highest BCUT2D eigenvalue weighted by molar-refractivity contribution is 5.55. The number of para-hydroxylation sites is 2. The molecule has 2 aromatic carbocycles. The molecule has 0 aliphatic rings. The van der Waals surface area contributed by atoms with Crippen LogP contribution in [0.2, 0.25) is 0 Å². The maximum Gasteiger partial charge on any atom is -0.0624 e. The fourth-order valence-electron chi connectivity index (χ4n) is 1.09. The van der Waals surface area contributed by atoms with Gasteiger partial charge in [-0.2, -0.15) is 24.3 Å². The monoisotopic (exact) mass is 182 g/mol. The normalized spacial score (nSPS) is 9.43. The molecule has 0 saturated heterocycles. The van der Waals surface area contributed by atoms with Crippen LogP contribution in [0.1, 0.15) is 0 Å². The zero-order valence-electron chi connectivity index (χ0n) is 7.64. The quantitative estimate of drug-likeness (QED) is 0.570. The molecule has 0 aromatic heterocycles. The van der Waals surface area contributed by atoms with Crippen molar-refractivity contribution in [2.24, 2.45) is 0 Å². The SMILES string of the molecule is [c-]1ccccc1N[N-]c1ccccc1. The van der Waals surface area contributed by atoms with Gasteiger partial charge in [0.2, 0.25) is 0 Å². The Labute approximate surface area is 83.6 Å². The van der Waals surface area contributed by atoms with Gasteiger partial charge in [-0.1, -0.05) is 36.0 Å². The number of hydrogen-bond acceptors (Lipinski definition) is 1. The van der Waals surface area contributed by atoms with E-state index in [9.17, 15) is 0 Å². The lowest BCUT2D eigenvalue weighted by Gasteiger charge is -2.27. The van der Waals surface area contributed by atoms with Crippen molar-refractivity contribution in [2.45, 2.75) is 0 Å². The Bertz CT molecular complexity index is 331. The van der Waals surface area contributed by atoms with Gasteiger partial charge in [0.15, 0.2) is 0 Å². The Morgan fingerprint density at radius 1 is 0.929 bits per heavy atom. The van der Waals surface area contributed by atoms with Gasteiger partial charge in [-0.05, 0) is 0 Å². The number of nitrogens with zero attached hydrogens (tertiary/aromatic N) is 1. The van der Waals surface area contributed by atoms with Gasteiger partial charge in [-0.25, -0.2) is 0 Å². The molecule has 70 valence electrons. The molecule has 0 fully saturated rings. The lowest BCUT2D eigenvalue weighted by Crippen LogP contribution is -1.88. The van der Waals surface area contributed by atoms with E-state index in [1.165, 1.54) is 0 Å². The third-order valence-electron chi connectivity index (χ3n) is 1.77. The minimum absolute atomic E-state index is 0.872. The highest BCUT2D eigenvalue weighted by Crippen LogP contribution is 2.17. The van der Waals surface area contributed by atoms with Crippen molar-refractivity contribution in [1.29, 1.82) is 0 Å². The molecular formula is C12H10N2-2. The molecule has 0 radical (unpaired) electrons. The number of nitrogens with one attached hydrogen (secondary N) is 1. The predicted molar refractivity (Wildman–Crippen MR) is 58.4 cm³/mol. The van der Waals surface area contributed by atoms with E-state index >= 15 is 0 Å². The summed E-state index contributed by atoms with van der Waals surface area (Å²) in [5.74, 6) is 0. The van der Waals surface area contributed by atoms with Crippen LogP contribution in [-0.2, 0) is 0 Å². The van der Waals surface area contributed by atoms with Crippen molar-refractivity contribution in [1.82, 2.24) is 0 Å². The summed E-state index contributed by atoms with van der Waals surface area (Å²) in [5.41, 5.74) is 8.90. The van der Waals surface area contributed by atoms with Crippen LogP contribution in [0.15, 0.2) is 54.6 Å². The summed E-state index contributed by atoms with van der Waals surface area (Å²) in [6.07, 6.45) is 0. The average molecular weight is 182 g/mol. The highest BCUT2D eigenvalue weighted by atomic mass is 15.4. The Morgan fingerprint density at radius 3 is 2.43 bits per heavy atom. The van der Waals surface area contributed by atoms with Crippen LogP contribution >= 0.6 is 0 Å². The highest BCUT2D eigenvalue weighted by Gasteiger charge is 1.75. The first kappa shape index (κ1) is 8.63. The molecule has 0 aliphatic carbocycles. The van der Waals surface area contributed by atoms with Gasteiger partial charge in [-0.15, -0.1) is 11.8 Å². The maximum absolute atomic E-state index is 4.20. The third-order valence-corrected chi connectivity index (χ3v) is 1.77. The molecule has 14 heavy (non-hydrogen) atoms. The molecule has 2 rings (SSSR count). The molecular weight excluding hydrogens is 172 g/mol. The lowest BCUT2D eigenvalue weighted by atomic mass is 10.3. The molecule has 0 heterocycles. The van der Waals surface area contributed by atoms with Crippen molar-refractivity contribution >= 4 is 11.4 Å². The Kier molecular flexibility index (Phi) is 2.67. The van der Waals surface area contributed by atoms with Gasteiger partial charge in [0.05, 0.1) is 0 Å². The van der Waals surface area contributed by atoms with Crippen molar-refractivity contribution in [2.75, 3.05) is 5.43 Å². The third kappa shape index (κ3) is 2.26. The molecule has 1 N–H and O–H groups in total. The molecule has 2 nitrogen and oxygen atoms in total. The van der Waals surface area contributed by atoms with Crippen molar-refractivity contribution in [3.8, 4) is 0 Å². The molecule has 2 heteroatoms. The molecule has 2 aromatic rings. The molecule has 0 bridgehead atoms. The van der Waals surface area contributed by atoms with Crippen molar-refractivity contribution in [3.63, 3.8) is 0 Å². The maximum atomic E-state index is 4.20. The topological polar surface area (TPSA) is 26.1 Å². The van der Waals surface area contributed by atoms with E-state index in [-0.39, 0.29) is 0 Å². The summed E-state index contributed by atoms with van der Waals surface area (Å²) in [7, 11) is 0. The summed E-state index contributed by atoms with van der Waals surface area (Å²) in [5, 5.41) is 0. The molecule has 0 atom stereocenters. The number of anilines is 1. The van der Waals surface area contributed by atoms with Gasteiger partial charge in [-0.3, -0.25) is 0 Å². The average Bonchev–Trinajstić information content (AvgIpc) is 2.29. The van der Waals surface area contributed by atoms with E-state index < -0.39 is 0 Å². The number of rotatable bonds is 3. The first-order valence-corrected chi connectivity index (χ1v) is 4.44. The first-order chi connectivity index (χ1) is 6.95. The second-order valence-corrected chi connectivity index (χ2v) is 2.84. The Hall–Kier alpha value is -1.96. The van der Waals surface area contributed by atoms with Crippen LogP contribution < -0.4 is 5.43 Å². The fraction of sp³-hybridized carbons (Fsp3) is 0. The van der Waals surface area contributed by atoms with E-state index in [1.807, 2.05) is 54.6 Å². The van der Waals surface area contributed by atoms with Gasteiger partial charge >= 0.3 is 0 Å². The van der Waals surface area contributed by atoms with Gasteiger partial charge < -0.3 is 10.9 Å².